The number of amides is 1. The second kappa shape index (κ2) is 6.37. The normalized spacial score (nSPS) is 20.3. The molecule has 2 rings (SSSR count). The van der Waals surface area contributed by atoms with Crippen molar-refractivity contribution in [3.8, 4) is 0 Å². The zero-order chi connectivity index (χ0) is 13.8. The van der Waals surface area contributed by atoms with Crippen molar-refractivity contribution in [1.82, 2.24) is 10.2 Å². The highest BCUT2D eigenvalue weighted by Crippen LogP contribution is 2.19. The van der Waals surface area contributed by atoms with Gasteiger partial charge in [0, 0.05) is 36.4 Å². The van der Waals surface area contributed by atoms with Crippen molar-refractivity contribution in [3.63, 3.8) is 0 Å². The third kappa shape index (κ3) is 4.20. The summed E-state index contributed by atoms with van der Waals surface area (Å²) in [7, 11) is 0. The third-order valence-corrected chi connectivity index (χ3v) is 3.52. The van der Waals surface area contributed by atoms with E-state index < -0.39 is 0 Å². The molecule has 0 unspecified atom stereocenters. The first-order valence-corrected chi connectivity index (χ1v) is 6.94. The largest absolute Gasteiger partial charge is 0.325 e. The summed E-state index contributed by atoms with van der Waals surface area (Å²) >= 11 is 5.90. The molecule has 0 bridgehead atoms. The minimum absolute atomic E-state index is 0.0273. The number of halogens is 1. The molecule has 0 radical (unpaired) electrons. The lowest BCUT2D eigenvalue weighted by molar-refractivity contribution is -0.117. The highest BCUT2D eigenvalue weighted by Gasteiger charge is 2.18. The van der Waals surface area contributed by atoms with E-state index in [4.69, 9.17) is 11.6 Å². The number of benzene rings is 1. The van der Waals surface area contributed by atoms with Crippen LogP contribution in [0.15, 0.2) is 18.2 Å². The lowest BCUT2D eigenvalue weighted by Crippen LogP contribution is -2.51. The van der Waals surface area contributed by atoms with Gasteiger partial charge in [-0.2, -0.15) is 0 Å². The smallest absolute Gasteiger partial charge is 0.238 e. The molecule has 0 aromatic heterocycles. The van der Waals surface area contributed by atoms with E-state index in [1.165, 1.54) is 0 Å². The summed E-state index contributed by atoms with van der Waals surface area (Å²) in [5.41, 5.74) is 1.81. The Bertz CT molecular complexity index is 464. The van der Waals surface area contributed by atoms with E-state index in [9.17, 15) is 4.79 Å². The van der Waals surface area contributed by atoms with E-state index in [-0.39, 0.29) is 5.91 Å². The van der Waals surface area contributed by atoms with Crippen molar-refractivity contribution in [2.24, 2.45) is 0 Å². The van der Waals surface area contributed by atoms with E-state index in [2.05, 4.69) is 22.5 Å². The van der Waals surface area contributed by atoms with Crippen LogP contribution in [0.5, 0.6) is 0 Å². The monoisotopic (exact) mass is 281 g/mol. The zero-order valence-electron chi connectivity index (χ0n) is 11.4. The zero-order valence-corrected chi connectivity index (χ0v) is 12.1. The average Bonchev–Trinajstić information content (AvgIpc) is 2.33. The molecule has 0 spiro atoms. The van der Waals surface area contributed by atoms with Crippen LogP contribution in [0.3, 0.4) is 0 Å². The van der Waals surface area contributed by atoms with Gasteiger partial charge in [-0.25, -0.2) is 0 Å². The van der Waals surface area contributed by atoms with Crippen molar-refractivity contribution in [1.29, 1.82) is 0 Å². The van der Waals surface area contributed by atoms with Gasteiger partial charge in [-0.1, -0.05) is 11.6 Å². The maximum absolute atomic E-state index is 12.0. The second-order valence-corrected chi connectivity index (χ2v) is 5.53. The Morgan fingerprint density at radius 3 is 3.05 bits per heavy atom. The fourth-order valence-electron chi connectivity index (χ4n) is 2.32. The van der Waals surface area contributed by atoms with Crippen molar-refractivity contribution < 1.29 is 4.79 Å². The molecule has 1 aliphatic rings. The number of nitrogens with zero attached hydrogens (tertiary/aromatic N) is 1. The highest BCUT2D eigenvalue weighted by molar-refractivity contribution is 6.30. The molecular formula is C14H20ClN3O. The van der Waals surface area contributed by atoms with Gasteiger partial charge in [0.1, 0.15) is 0 Å². The van der Waals surface area contributed by atoms with Crippen molar-refractivity contribution in [2.75, 3.05) is 31.5 Å². The average molecular weight is 282 g/mol. The molecule has 19 heavy (non-hydrogen) atoms. The lowest BCUT2D eigenvalue weighted by atomic mass is 10.2. The van der Waals surface area contributed by atoms with E-state index in [0.29, 0.717) is 17.6 Å². The number of carbonyl (C=O) groups excluding carboxylic acids is 1. The van der Waals surface area contributed by atoms with Crippen LogP contribution in [-0.4, -0.2) is 43.0 Å². The number of aryl methyl sites for hydroxylation is 1. The number of hydrogen-bond acceptors (Lipinski definition) is 3. The summed E-state index contributed by atoms with van der Waals surface area (Å²) in [4.78, 5) is 14.2. The number of rotatable bonds is 3. The Morgan fingerprint density at radius 1 is 1.58 bits per heavy atom. The van der Waals surface area contributed by atoms with E-state index in [1.807, 2.05) is 19.1 Å². The summed E-state index contributed by atoms with van der Waals surface area (Å²) in [6.07, 6.45) is 0. The van der Waals surface area contributed by atoms with Crippen LogP contribution in [0.2, 0.25) is 5.02 Å². The minimum Gasteiger partial charge on any atom is -0.325 e. The van der Waals surface area contributed by atoms with Crippen LogP contribution < -0.4 is 10.6 Å². The summed E-state index contributed by atoms with van der Waals surface area (Å²) in [5.74, 6) is 0.0273. The van der Waals surface area contributed by atoms with Gasteiger partial charge in [-0.3, -0.25) is 9.69 Å². The topological polar surface area (TPSA) is 44.4 Å². The number of carbonyl (C=O) groups is 1. The summed E-state index contributed by atoms with van der Waals surface area (Å²) in [6.45, 7) is 7.27. The van der Waals surface area contributed by atoms with Crippen LogP contribution in [-0.2, 0) is 4.79 Å². The maximum Gasteiger partial charge on any atom is 0.238 e. The molecule has 1 aromatic carbocycles. The van der Waals surface area contributed by atoms with E-state index in [1.54, 1.807) is 6.07 Å². The molecule has 1 amide bonds. The van der Waals surface area contributed by atoms with Gasteiger partial charge >= 0.3 is 0 Å². The number of piperazine rings is 1. The summed E-state index contributed by atoms with van der Waals surface area (Å²) < 4.78 is 0. The maximum atomic E-state index is 12.0. The number of nitrogens with one attached hydrogen (secondary N) is 2. The Labute approximate surface area is 119 Å². The van der Waals surface area contributed by atoms with Crippen LogP contribution in [0.25, 0.3) is 0 Å². The molecule has 1 saturated heterocycles. The summed E-state index contributed by atoms with van der Waals surface area (Å²) in [5, 5.41) is 6.99. The fourth-order valence-corrected chi connectivity index (χ4v) is 2.54. The first kappa shape index (κ1) is 14.3. The summed E-state index contributed by atoms with van der Waals surface area (Å²) in [6, 6.07) is 5.93. The van der Waals surface area contributed by atoms with Gasteiger partial charge in [0.2, 0.25) is 5.91 Å². The Hall–Kier alpha value is -1.10. The quantitative estimate of drug-likeness (QED) is 0.889. The molecule has 1 aliphatic heterocycles. The van der Waals surface area contributed by atoms with Crippen LogP contribution in [0, 0.1) is 6.92 Å². The Balaban J connectivity index is 1.90. The predicted octanol–water partition coefficient (Wildman–Crippen LogP) is 1.88. The fraction of sp³-hybridized carbons (Fsp3) is 0.500. The van der Waals surface area contributed by atoms with Crippen LogP contribution in [0.1, 0.15) is 12.5 Å². The molecule has 2 N–H and O–H groups in total. The van der Waals surface area contributed by atoms with Gasteiger partial charge in [0.05, 0.1) is 6.54 Å². The van der Waals surface area contributed by atoms with Gasteiger partial charge in [0.15, 0.2) is 0 Å². The molecule has 1 atom stereocenters. The van der Waals surface area contributed by atoms with Gasteiger partial charge in [-0.05, 0) is 37.6 Å². The third-order valence-electron chi connectivity index (χ3n) is 3.28. The molecule has 5 heteroatoms. The van der Waals surface area contributed by atoms with Gasteiger partial charge < -0.3 is 10.6 Å². The van der Waals surface area contributed by atoms with Gasteiger partial charge in [0.25, 0.3) is 0 Å². The van der Waals surface area contributed by atoms with Crippen molar-refractivity contribution in [2.45, 2.75) is 19.9 Å². The standard InChI is InChI=1S/C14H20ClN3O/c1-10-7-12(15)3-4-13(10)17-14(19)9-18-6-5-16-11(2)8-18/h3-4,7,11,16H,5-6,8-9H2,1-2H3,(H,17,19)/t11-/m1/s1. The first-order valence-electron chi connectivity index (χ1n) is 6.56. The minimum atomic E-state index is 0.0273. The molecule has 4 nitrogen and oxygen atoms in total. The Kier molecular flexibility index (Phi) is 4.80. The highest BCUT2D eigenvalue weighted by atomic mass is 35.5. The lowest BCUT2D eigenvalue weighted by Gasteiger charge is -2.31. The molecule has 0 aliphatic carbocycles. The van der Waals surface area contributed by atoms with Crippen LogP contribution in [0.4, 0.5) is 5.69 Å². The van der Waals surface area contributed by atoms with E-state index in [0.717, 1.165) is 30.9 Å². The molecule has 1 fully saturated rings. The van der Waals surface area contributed by atoms with E-state index >= 15 is 0 Å². The molecule has 1 heterocycles. The first-order chi connectivity index (χ1) is 9.04. The SMILES string of the molecule is Cc1cc(Cl)ccc1NC(=O)CN1CCN[C@H](C)C1. The van der Waals surface area contributed by atoms with Gasteiger partial charge in [-0.15, -0.1) is 0 Å². The number of anilines is 1. The molecule has 104 valence electrons. The second-order valence-electron chi connectivity index (χ2n) is 5.10. The van der Waals surface area contributed by atoms with Crippen molar-refractivity contribution in [3.05, 3.63) is 28.8 Å². The predicted molar refractivity (Wildman–Crippen MR) is 78.7 cm³/mol. The van der Waals surface area contributed by atoms with Crippen LogP contribution >= 0.6 is 11.6 Å². The molecule has 1 aromatic rings. The molecule has 0 saturated carbocycles. The number of hydrogen-bond donors (Lipinski definition) is 2. The van der Waals surface area contributed by atoms with Crippen molar-refractivity contribution >= 4 is 23.2 Å². The Morgan fingerprint density at radius 2 is 2.37 bits per heavy atom. The molecular weight excluding hydrogens is 262 g/mol.